The predicted molar refractivity (Wildman–Crippen MR) is 91.1 cm³/mol. The molecular weight excluding hydrogens is 312 g/mol. The molecule has 0 saturated carbocycles. The molecule has 0 unspecified atom stereocenters. The van der Waals surface area contributed by atoms with E-state index in [0.29, 0.717) is 31.2 Å². The molecule has 8 heteroatoms. The van der Waals surface area contributed by atoms with Crippen LogP contribution in [0.5, 0.6) is 0 Å². The zero-order valence-electron chi connectivity index (χ0n) is 14.2. The zero-order chi connectivity index (χ0) is 18.3. The summed E-state index contributed by atoms with van der Waals surface area (Å²) in [5.41, 5.74) is 0.0135. The molecule has 0 heterocycles. The molecule has 0 aromatic heterocycles. The lowest BCUT2D eigenvalue weighted by Crippen LogP contribution is -2.20. The van der Waals surface area contributed by atoms with E-state index >= 15 is 0 Å². The van der Waals surface area contributed by atoms with Crippen LogP contribution in [0.3, 0.4) is 0 Å². The Bertz CT molecular complexity index is 663. The van der Waals surface area contributed by atoms with E-state index in [4.69, 9.17) is 5.26 Å². The van der Waals surface area contributed by atoms with Crippen LogP contribution < -0.4 is 5.32 Å². The number of rotatable bonds is 9. The van der Waals surface area contributed by atoms with Crippen LogP contribution in [0, 0.1) is 31.6 Å². The molecule has 0 atom stereocenters. The van der Waals surface area contributed by atoms with Crippen molar-refractivity contribution in [2.24, 2.45) is 0 Å². The summed E-state index contributed by atoms with van der Waals surface area (Å²) in [5.74, 6) is 0. The first kappa shape index (κ1) is 19.4. The van der Waals surface area contributed by atoms with E-state index in [1.807, 2.05) is 26.8 Å². The highest BCUT2D eigenvalue weighted by Crippen LogP contribution is 2.41. The van der Waals surface area contributed by atoms with Gasteiger partial charge in [-0.25, -0.2) is 0 Å². The maximum atomic E-state index is 11.6. The first-order valence-electron chi connectivity index (χ1n) is 8.02. The van der Waals surface area contributed by atoms with Gasteiger partial charge in [-0.3, -0.25) is 20.2 Å². The molecule has 0 saturated heterocycles. The van der Waals surface area contributed by atoms with Gasteiger partial charge >= 0.3 is 5.69 Å². The Morgan fingerprint density at radius 2 is 1.83 bits per heavy atom. The highest BCUT2D eigenvalue weighted by Gasteiger charge is 2.32. The highest BCUT2D eigenvalue weighted by atomic mass is 16.6. The third-order valence-electron chi connectivity index (χ3n) is 3.97. The van der Waals surface area contributed by atoms with Crippen LogP contribution >= 0.6 is 0 Å². The summed E-state index contributed by atoms with van der Waals surface area (Å²) in [7, 11) is 0. The first-order chi connectivity index (χ1) is 11.4. The lowest BCUT2D eigenvalue weighted by atomic mass is 9.96. The van der Waals surface area contributed by atoms with Crippen molar-refractivity contribution >= 4 is 17.1 Å². The minimum absolute atomic E-state index is 0.0937. The molecule has 8 nitrogen and oxygen atoms in total. The molecule has 0 aliphatic carbocycles. The van der Waals surface area contributed by atoms with Crippen molar-refractivity contribution < 1.29 is 9.85 Å². The Kier molecular flexibility index (Phi) is 7.11. The summed E-state index contributed by atoms with van der Waals surface area (Å²) < 4.78 is 0. The number of anilines is 1. The summed E-state index contributed by atoms with van der Waals surface area (Å²) in [6.07, 6.45) is 2.32. The van der Waals surface area contributed by atoms with Gasteiger partial charge in [0.2, 0.25) is 0 Å². The quantitative estimate of drug-likeness (QED) is 0.535. The molecule has 1 rings (SSSR count). The van der Waals surface area contributed by atoms with Crippen LogP contribution in [0.15, 0.2) is 6.07 Å². The van der Waals surface area contributed by atoms with E-state index in [0.717, 1.165) is 0 Å². The van der Waals surface area contributed by atoms with E-state index in [2.05, 4.69) is 5.32 Å². The highest BCUT2D eigenvalue weighted by molar-refractivity contribution is 5.78. The number of nitrogens with one attached hydrogen (secondary N) is 1. The van der Waals surface area contributed by atoms with Gasteiger partial charge in [0.25, 0.3) is 5.69 Å². The summed E-state index contributed by atoms with van der Waals surface area (Å²) in [4.78, 5) is 21.9. The number of nitriles is 1. The smallest absolute Gasteiger partial charge is 0.303 e. The minimum atomic E-state index is -0.621. The largest absolute Gasteiger partial charge is 0.371 e. The third-order valence-corrected chi connectivity index (χ3v) is 3.97. The third kappa shape index (κ3) is 4.19. The number of nitro groups is 2. The van der Waals surface area contributed by atoms with E-state index < -0.39 is 9.85 Å². The van der Waals surface area contributed by atoms with Crippen molar-refractivity contribution in [2.45, 2.75) is 58.9 Å². The molecule has 0 aliphatic heterocycles. The van der Waals surface area contributed by atoms with Gasteiger partial charge in [0.05, 0.1) is 22.3 Å². The van der Waals surface area contributed by atoms with Crippen LogP contribution in [0.4, 0.5) is 17.1 Å². The number of hydrogen-bond acceptors (Lipinski definition) is 6. The number of nitro benzene ring substituents is 2. The van der Waals surface area contributed by atoms with Crippen molar-refractivity contribution in [3.05, 3.63) is 37.4 Å². The SMILES string of the molecule is CCCc1cc([N+](=O)[O-])c(NC(CC)CC)c([N+](=O)[O-])c1CC#N. The standard InChI is InChI=1S/C16H22N4O4/c1-4-7-11-10-14(19(21)22)15(18-12(5-2)6-3)16(20(23)24)13(11)8-9-17/h10,12,18H,4-8H2,1-3H3. The molecule has 0 aliphatic rings. The molecule has 130 valence electrons. The van der Waals surface area contributed by atoms with Gasteiger partial charge in [-0.15, -0.1) is 0 Å². The molecule has 0 radical (unpaired) electrons. The van der Waals surface area contributed by atoms with Crippen LogP contribution in [0.1, 0.15) is 51.2 Å². The van der Waals surface area contributed by atoms with E-state index in [9.17, 15) is 20.2 Å². The van der Waals surface area contributed by atoms with E-state index in [1.54, 1.807) is 0 Å². The summed E-state index contributed by atoms with van der Waals surface area (Å²) in [5, 5.41) is 35.1. The second kappa shape index (κ2) is 8.82. The van der Waals surface area contributed by atoms with E-state index in [1.165, 1.54) is 6.07 Å². The van der Waals surface area contributed by atoms with Crippen molar-refractivity contribution in [3.8, 4) is 6.07 Å². The van der Waals surface area contributed by atoms with Crippen LogP contribution in [0.25, 0.3) is 0 Å². The Labute approximate surface area is 140 Å². The Hall–Kier alpha value is -2.69. The number of benzene rings is 1. The number of nitrogens with zero attached hydrogens (tertiary/aromatic N) is 3. The molecule has 0 bridgehead atoms. The fourth-order valence-corrected chi connectivity index (χ4v) is 2.70. The fraction of sp³-hybridized carbons (Fsp3) is 0.562. The maximum absolute atomic E-state index is 11.6. The zero-order valence-corrected chi connectivity index (χ0v) is 14.2. The van der Waals surface area contributed by atoms with E-state index in [-0.39, 0.29) is 35.1 Å². The second-order valence-corrected chi connectivity index (χ2v) is 5.51. The van der Waals surface area contributed by atoms with Gasteiger partial charge in [-0.1, -0.05) is 27.2 Å². The van der Waals surface area contributed by atoms with Crippen molar-refractivity contribution in [1.82, 2.24) is 0 Å². The molecule has 0 amide bonds. The van der Waals surface area contributed by atoms with Gasteiger partial charge in [-0.2, -0.15) is 5.26 Å². The molecule has 1 aromatic rings. The van der Waals surface area contributed by atoms with Crippen molar-refractivity contribution in [1.29, 1.82) is 5.26 Å². The predicted octanol–water partition coefficient (Wildman–Crippen LogP) is 4.12. The number of aryl methyl sites for hydroxylation is 1. The topological polar surface area (TPSA) is 122 Å². The van der Waals surface area contributed by atoms with Gasteiger partial charge in [0.15, 0.2) is 5.69 Å². The molecule has 1 N–H and O–H groups in total. The van der Waals surface area contributed by atoms with Gasteiger partial charge in [-0.05, 0) is 24.8 Å². The Morgan fingerprint density at radius 3 is 2.25 bits per heavy atom. The summed E-state index contributed by atoms with van der Waals surface area (Å²) >= 11 is 0. The molecule has 0 fully saturated rings. The second-order valence-electron chi connectivity index (χ2n) is 5.51. The normalized spacial score (nSPS) is 10.5. The maximum Gasteiger partial charge on any atom is 0.303 e. The van der Waals surface area contributed by atoms with Crippen LogP contribution in [0.2, 0.25) is 0 Å². The lowest BCUT2D eigenvalue weighted by molar-refractivity contribution is -0.392. The average molecular weight is 334 g/mol. The molecule has 1 aromatic carbocycles. The van der Waals surface area contributed by atoms with Crippen LogP contribution in [-0.2, 0) is 12.8 Å². The fourth-order valence-electron chi connectivity index (χ4n) is 2.70. The van der Waals surface area contributed by atoms with Crippen molar-refractivity contribution in [2.75, 3.05) is 5.32 Å². The van der Waals surface area contributed by atoms with Crippen molar-refractivity contribution in [3.63, 3.8) is 0 Å². The van der Waals surface area contributed by atoms with Crippen LogP contribution in [-0.4, -0.2) is 15.9 Å². The average Bonchev–Trinajstić information content (AvgIpc) is 2.53. The first-order valence-corrected chi connectivity index (χ1v) is 8.02. The van der Waals surface area contributed by atoms with Gasteiger partial charge in [0, 0.05) is 17.7 Å². The number of hydrogen-bond donors (Lipinski definition) is 1. The lowest BCUT2D eigenvalue weighted by Gasteiger charge is -2.18. The minimum Gasteiger partial charge on any atom is -0.371 e. The molecule has 0 spiro atoms. The summed E-state index contributed by atoms with van der Waals surface area (Å²) in [6, 6.07) is 3.19. The van der Waals surface area contributed by atoms with Gasteiger partial charge in [0.1, 0.15) is 0 Å². The molecule has 24 heavy (non-hydrogen) atoms. The van der Waals surface area contributed by atoms with Gasteiger partial charge < -0.3 is 5.32 Å². The Balaban J connectivity index is 3.73. The monoisotopic (exact) mass is 334 g/mol. The summed E-state index contributed by atoms with van der Waals surface area (Å²) in [6.45, 7) is 5.69. The Morgan fingerprint density at radius 1 is 1.21 bits per heavy atom. The molecular formula is C16H22N4O4.